The van der Waals surface area contributed by atoms with Gasteiger partial charge in [0.25, 0.3) is 0 Å². The molecule has 4 nitrogen and oxygen atoms in total. The van der Waals surface area contributed by atoms with Gasteiger partial charge < -0.3 is 10.2 Å². The number of hydrogen-bond donors (Lipinski definition) is 1. The van der Waals surface area contributed by atoms with E-state index in [9.17, 15) is 0 Å². The van der Waals surface area contributed by atoms with Gasteiger partial charge in [0.15, 0.2) is 5.82 Å². The normalized spacial score (nSPS) is 16.1. The van der Waals surface area contributed by atoms with Gasteiger partial charge >= 0.3 is 0 Å². The first kappa shape index (κ1) is 13.3. The summed E-state index contributed by atoms with van der Waals surface area (Å²) >= 11 is 0. The lowest BCUT2D eigenvalue weighted by atomic mass is 10.0. The first-order chi connectivity index (χ1) is 8.81. The number of nitrogens with zero attached hydrogens (tertiary/aromatic N) is 3. The molecule has 4 heteroatoms. The third-order valence-electron chi connectivity index (χ3n) is 3.76. The second kappa shape index (κ2) is 6.69. The van der Waals surface area contributed by atoms with E-state index in [0.29, 0.717) is 5.92 Å². The van der Waals surface area contributed by atoms with Gasteiger partial charge in [0.2, 0.25) is 0 Å². The number of anilines is 1. The molecule has 0 unspecified atom stereocenters. The molecule has 1 aliphatic rings. The fraction of sp³-hybridized carbons (Fsp3) is 0.714. The molecule has 1 aromatic heterocycles. The molecule has 0 bridgehead atoms. The van der Waals surface area contributed by atoms with Crippen LogP contribution >= 0.6 is 0 Å². The van der Waals surface area contributed by atoms with E-state index in [4.69, 9.17) is 0 Å². The zero-order chi connectivity index (χ0) is 12.8. The van der Waals surface area contributed by atoms with Crippen LogP contribution in [0.2, 0.25) is 0 Å². The van der Waals surface area contributed by atoms with Gasteiger partial charge in [-0.25, -0.2) is 0 Å². The summed E-state index contributed by atoms with van der Waals surface area (Å²) in [6.07, 6.45) is 6.38. The average Bonchev–Trinajstić information content (AvgIpc) is 2.93. The predicted octanol–water partition coefficient (Wildman–Crippen LogP) is 2.18. The largest absolute Gasteiger partial charge is 0.358 e. The maximum atomic E-state index is 4.40. The molecule has 1 fully saturated rings. The SMILES string of the molecule is CNCCCN(C)c1ccc(C2CCCC2)nn1. The third-order valence-corrected chi connectivity index (χ3v) is 3.76. The van der Waals surface area contributed by atoms with Crippen LogP contribution in [0.3, 0.4) is 0 Å². The van der Waals surface area contributed by atoms with Crippen molar-refractivity contribution in [3.8, 4) is 0 Å². The molecule has 1 heterocycles. The summed E-state index contributed by atoms with van der Waals surface area (Å²) in [5.41, 5.74) is 1.18. The van der Waals surface area contributed by atoms with E-state index in [0.717, 1.165) is 25.3 Å². The van der Waals surface area contributed by atoms with Crippen molar-refractivity contribution in [1.29, 1.82) is 0 Å². The molecule has 100 valence electrons. The standard InChI is InChI=1S/C14H24N4/c1-15-10-5-11-18(2)14-9-8-13(16-17-14)12-6-3-4-7-12/h8-9,12,15H,3-7,10-11H2,1-2H3. The van der Waals surface area contributed by atoms with E-state index in [1.807, 2.05) is 7.05 Å². The molecule has 18 heavy (non-hydrogen) atoms. The van der Waals surface area contributed by atoms with Gasteiger partial charge in [-0.1, -0.05) is 12.8 Å². The summed E-state index contributed by atoms with van der Waals surface area (Å²) < 4.78 is 0. The van der Waals surface area contributed by atoms with Crippen LogP contribution in [0.15, 0.2) is 12.1 Å². The molecule has 0 radical (unpaired) electrons. The summed E-state index contributed by atoms with van der Waals surface area (Å²) in [5.74, 6) is 1.63. The molecule has 0 spiro atoms. The van der Waals surface area contributed by atoms with Crippen LogP contribution in [0.5, 0.6) is 0 Å². The molecule has 1 N–H and O–H groups in total. The highest BCUT2D eigenvalue weighted by molar-refractivity contribution is 5.36. The molecule has 1 aliphatic carbocycles. The van der Waals surface area contributed by atoms with Crippen LogP contribution in [-0.4, -0.2) is 37.4 Å². The highest BCUT2D eigenvalue weighted by Crippen LogP contribution is 2.32. The van der Waals surface area contributed by atoms with Gasteiger partial charge in [-0.2, -0.15) is 5.10 Å². The fourth-order valence-corrected chi connectivity index (χ4v) is 2.59. The monoisotopic (exact) mass is 248 g/mol. The van der Waals surface area contributed by atoms with E-state index >= 15 is 0 Å². The lowest BCUT2D eigenvalue weighted by Crippen LogP contribution is -2.23. The maximum Gasteiger partial charge on any atom is 0.150 e. The van der Waals surface area contributed by atoms with Crippen LogP contribution in [0.1, 0.15) is 43.7 Å². The van der Waals surface area contributed by atoms with Gasteiger partial charge in [-0.15, -0.1) is 5.10 Å². The molecular formula is C14H24N4. The maximum absolute atomic E-state index is 4.40. The van der Waals surface area contributed by atoms with Crippen LogP contribution in [-0.2, 0) is 0 Å². The highest BCUT2D eigenvalue weighted by Gasteiger charge is 2.18. The molecular weight excluding hydrogens is 224 g/mol. The topological polar surface area (TPSA) is 41.0 Å². The van der Waals surface area contributed by atoms with Crippen LogP contribution in [0, 0.1) is 0 Å². The van der Waals surface area contributed by atoms with Crippen molar-refractivity contribution < 1.29 is 0 Å². The summed E-state index contributed by atoms with van der Waals surface area (Å²) in [7, 11) is 4.06. The van der Waals surface area contributed by atoms with Crippen molar-refractivity contribution in [3.63, 3.8) is 0 Å². The number of aromatic nitrogens is 2. The van der Waals surface area contributed by atoms with E-state index in [1.54, 1.807) is 0 Å². The first-order valence-electron chi connectivity index (χ1n) is 7.00. The van der Waals surface area contributed by atoms with Crippen molar-refractivity contribution >= 4 is 5.82 Å². The summed E-state index contributed by atoms with van der Waals surface area (Å²) in [6, 6.07) is 4.27. The summed E-state index contributed by atoms with van der Waals surface area (Å²) in [4.78, 5) is 2.17. The van der Waals surface area contributed by atoms with Crippen LogP contribution in [0.4, 0.5) is 5.82 Å². The Balaban J connectivity index is 1.89. The second-order valence-corrected chi connectivity index (χ2v) is 5.18. The lowest BCUT2D eigenvalue weighted by molar-refractivity contribution is 0.672. The summed E-state index contributed by atoms with van der Waals surface area (Å²) in [6.45, 7) is 2.05. The van der Waals surface area contributed by atoms with Crippen molar-refractivity contribution in [2.24, 2.45) is 0 Å². The minimum Gasteiger partial charge on any atom is -0.358 e. The molecule has 1 saturated carbocycles. The van der Waals surface area contributed by atoms with Crippen molar-refractivity contribution in [2.75, 3.05) is 32.1 Å². The molecule has 0 aromatic carbocycles. The van der Waals surface area contributed by atoms with E-state index < -0.39 is 0 Å². The third kappa shape index (κ3) is 3.42. The smallest absolute Gasteiger partial charge is 0.150 e. The average molecular weight is 248 g/mol. The first-order valence-corrected chi connectivity index (χ1v) is 7.00. The molecule has 0 saturated heterocycles. The van der Waals surface area contributed by atoms with Crippen molar-refractivity contribution in [2.45, 2.75) is 38.0 Å². The minimum absolute atomic E-state index is 0.654. The number of rotatable bonds is 6. The quantitative estimate of drug-likeness (QED) is 0.783. The van der Waals surface area contributed by atoms with Crippen molar-refractivity contribution in [1.82, 2.24) is 15.5 Å². The van der Waals surface area contributed by atoms with Gasteiger partial charge in [0.05, 0.1) is 5.69 Å². The van der Waals surface area contributed by atoms with Gasteiger partial charge in [0.1, 0.15) is 0 Å². The highest BCUT2D eigenvalue weighted by atomic mass is 15.2. The Morgan fingerprint density at radius 2 is 2.06 bits per heavy atom. The Labute approximate surface area is 110 Å². The molecule has 2 rings (SSSR count). The molecule has 0 amide bonds. The van der Waals surface area contributed by atoms with Gasteiger partial charge in [-0.3, -0.25) is 0 Å². The Bertz CT molecular complexity index is 343. The fourth-order valence-electron chi connectivity index (χ4n) is 2.59. The number of nitrogens with one attached hydrogen (secondary N) is 1. The van der Waals surface area contributed by atoms with E-state index in [-0.39, 0.29) is 0 Å². The molecule has 0 aliphatic heterocycles. The summed E-state index contributed by atoms with van der Waals surface area (Å²) in [5, 5.41) is 11.9. The lowest BCUT2D eigenvalue weighted by Gasteiger charge is -2.18. The van der Waals surface area contributed by atoms with E-state index in [1.165, 1.54) is 31.4 Å². The Kier molecular flexibility index (Phi) is 4.93. The Morgan fingerprint density at radius 3 is 2.67 bits per heavy atom. The Hall–Kier alpha value is -1.16. The molecule has 0 atom stereocenters. The van der Waals surface area contributed by atoms with Crippen LogP contribution in [0.25, 0.3) is 0 Å². The zero-order valence-electron chi connectivity index (χ0n) is 11.5. The van der Waals surface area contributed by atoms with E-state index in [2.05, 4.69) is 39.6 Å². The molecule has 1 aromatic rings. The zero-order valence-corrected chi connectivity index (χ0v) is 11.5. The van der Waals surface area contributed by atoms with Gasteiger partial charge in [-0.05, 0) is 45.0 Å². The van der Waals surface area contributed by atoms with Crippen LogP contribution < -0.4 is 10.2 Å². The Morgan fingerprint density at radius 1 is 1.28 bits per heavy atom. The van der Waals surface area contributed by atoms with Gasteiger partial charge in [0, 0.05) is 19.5 Å². The predicted molar refractivity (Wildman–Crippen MR) is 75.1 cm³/mol. The minimum atomic E-state index is 0.654. The van der Waals surface area contributed by atoms with Crippen molar-refractivity contribution in [3.05, 3.63) is 17.8 Å². The second-order valence-electron chi connectivity index (χ2n) is 5.18. The number of hydrogen-bond acceptors (Lipinski definition) is 4.